The van der Waals surface area contributed by atoms with Crippen LogP contribution < -0.4 is 20.7 Å². The van der Waals surface area contributed by atoms with Crippen molar-refractivity contribution >= 4 is 28.9 Å². The van der Waals surface area contributed by atoms with E-state index in [9.17, 15) is 9.59 Å². The Balaban J connectivity index is 1.21. The van der Waals surface area contributed by atoms with Gasteiger partial charge in [-0.1, -0.05) is 48.0 Å². The minimum Gasteiger partial charge on any atom is -0.489 e. The number of benzene rings is 4. The van der Waals surface area contributed by atoms with E-state index in [0.29, 0.717) is 23.5 Å². The van der Waals surface area contributed by atoms with E-state index in [1.165, 1.54) is 0 Å². The maximum Gasteiger partial charge on any atom is 0.255 e. The van der Waals surface area contributed by atoms with E-state index in [4.69, 9.17) is 4.74 Å². The zero-order valence-electron chi connectivity index (χ0n) is 19.5. The van der Waals surface area contributed by atoms with Crippen LogP contribution >= 0.6 is 0 Å². The number of rotatable bonds is 9. The minimum absolute atomic E-state index is 0.121. The molecule has 4 aromatic carbocycles. The predicted octanol–water partition coefficient (Wildman–Crippen LogP) is 5.88. The van der Waals surface area contributed by atoms with E-state index in [0.717, 1.165) is 22.6 Å². The fourth-order valence-corrected chi connectivity index (χ4v) is 3.42. The van der Waals surface area contributed by atoms with Crippen LogP contribution in [0.15, 0.2) is 103 Å². The Hall–Kier alpha value is -4.58. The van der Waals surface area contributed by atoms with Crippen molar-refractivity contribution in [2.45, 2.75) is 13.5 Å². The number of carbonyl (C=O) groups is 2. The van der Waals surface area contributed by atoms with Crippen LogP contribution in [-0.2, 0) is 11.4 Å². The van der Waals surface area contributed by atoms with Crippen molar-refractivity contribution in [3.05, 3.63) is 120 Å². The molecule has 0 atom stereocenters. The number of aryl methyl sites for hydroxylation is 1. The average molecular weight is 466 g/mol. The number of nitrogens with one attached hydrogen (secondary N) is 3. The van der Waals surface area contributed by atoms with Crippen molar-refractivity contribution < 1.29 is 14.3 Å². The lowest BCUT2D eigenvalue weighted by atomic mass is 10.1. The second kappa shape index (κ2) is 11.5. The van der Waals surface area contributed by atoms with Crippen molar-refractivity contribution in [2.75, 3.05) is 22.5 Å². The van der Waals surface area contributed by atoms with Gasteiger partial charge in [-0.25, -0.2) is 0 Å². The van der Waals surface area contributed by atoms with Crippen LogP contribution in [0, 0.1) is 6.92 Å². The van der Waals surface area contributed by atoms with Gasteiger partial charge in [-0.2, -0.15) is 0 Å². The highest BCUT2D eigenvalue weighted by atomic mass is 16.5. The first-order chi connectivity index (χ1) is 17.0. The van der Waals surface area contributed by atoms with Gasteiger partial charge in [0, 0.05) is 22.6 Å². The summed E-state index contributed by atoms with van der Waals surface area (Å²) in [7, 11) is 0. The van der Waals surface area contributed by atoms with Crippen molar-refractivity contribution in [1.82, 2.24) is 0 Å². The Morgan fingerprint density at radius 2 is 1.37 bits per heavy atom. The minimum atomic E-state index is -0.175. The van der Waals surface area contributed by atoms with Gasteiger partial charge in [-0.05, 0) is 73.2 Å². The molecule has 0 spiro atoms. The van der Waals surface area contributed by atoms with Gasteiger partial charge in [0.2, 0.25) is 5.91 Å². The maximum atomic E-state index is 12.4. The van der Waals surface area contributed by atoms with Crippen LogP contribution in [0.4, 0.5) is 17.1 Å². The summed E-state index contributed by atoms with van der Waals surface area (Å²) in [5, 5.41) is 8.81. The van der Waals surface area contributed by atoms with Gasteiger partial charge >= 0.3 is 0 Å². The lowest BCUT2D eigenvalue weighted by molar-refractivity contribution is -0.114. The van der Waals surface area contributed by atoms with Crippen LogP contribution in [0.2, 0.25) is 0 Å². The molecule has 4 rings (SSSR count). The van der Waals surface area contributed by atoms with Crippen molar-refractivity contribution in [3.63, 3.8) is 0 Å². The van der Waals surface area contributed by atoms with Crippen LogP contribution in [0.25, 0.3) is 0 Å². The van der Waals surface area contributed by atoms with E-state index in [1.807, 2.05) is 79.7 Å². The van der Waals surface area contributed by atoms with Crippen LogP contribution in [0.3, 0.4) is 0 Å². The van der Waals surface area contributed by atoms with Gasteiger partial charge in [0.05, 0.1) is 6.54 Å². The highest BCUT2D eigenvalue weighted by Gasteiger charge is 2.07. The summed E-state index contributed by atoms with van der Waals surface area (Å²) < 4.78 is 5.78. The number of amides is 2. The van der Waals surface area contributed by atoms with Crippen LogP contribution in [-0.4, -0.2) is 18.4 Å². The van der Waals surface area contributed by atoms with Gasteiger partial charge < -0.3 is 20.7 Å². The third-order valence-electron chi connectivity index (χ3n) is 5.26. The monoisotopic (exact) mass is 465 g/mol. The molecule has 35 heavy (non-hydrogen) atoms. The molecule has 0 saturated carbocycles. The average Bonchev–Trinajstić information content (AvgIpc) is 2.88. The lowest BCUT2D eigenvalue weighted by Gasteiger charge is -2.10. The topological polar surface area (TPSA) is 79.5 Å². The molecule has 0 aliphatic carbocycles. The Bertz CT molecular complexity index is 1270. The van der Waals surface area contributed by atoms with Gasteiger partial charge in [0.15, 0.2) is 0 Å². The summed E-state index contributed by atoms with van der Waals surface area (Å²) in [5.41, 5.74) is 4.85. The molecule has 6 heteroatoms. The number of carbonyl (C=O) groups excluding carboxylic acids is 2. The zero-order valence-corrected chi connectivity index (χ0v) is 19.5. The standard InChI is InChI=1S/C29H27N3O3/c1-21-6-5-9-23(18-21)29(34)32-26-12-10-25(11-13-26)31-28(33)19-30-24-14-16-27(17-15-24)35-20-22-7-3-2-4-8-22/h2-18,30H,19-20H2,1H3,(H,31,33)(H,32,34). The van der Waals surface area contributed by atoms with Crippen LogP contribution in [0.1, 0.15) is 21.5 Å². The molecule has 0 saturated heterocycles. The summed E-state index contributed by atoms with van der Waals surface area (Å²) >= 11 is 0. The Morgan fingerprint density at radius 1 is 0.714 bits per heavy atom. The molecule has 0 radical (unpaired) electrons. The summed E-state index contributed by atoms with van der Waals surface area (Å²) in [5.74, 6) is 0.413. The largest absolute Gasteiger partial charge is 0.489 e. The molecular weight excluding hydrogens is 438 g/mol. The second-order valence-corrected chi connectivity index (χ2v) is 8.10. The SMILES string of the molecule is Cc1cccc(C(=O)Nc2ccc(NC(=O)CNc3ccc(OCc4ccccc4)cc3)cc2)c1. The molecule has 0 unspecified atom stereocenters. The molecule has 2 amide bonds. The van der Waals surface area contributed by atoms with Crippen molar-refractivity contribution in [1.29, 1.82) is 0 Å². The molecule has 0 fully saturated rings. The quantitative estimate of drug-likeness (QED) is 0.289. The molecule has 4 aromatic rings. The molecule has 0 aromatic heterocycles. The first-order valence-electron chi connectivity index (χ1n) is 11.3. The molecule has 176 valence electrons. The summed E-state index contributed by atoms with van der Waals surface area (Å²) in [6.45, 7) is 2.57. The number of hydrogen-bond acceptors (Lipinski definition) is 4. The van der Waals surface area contributed by atoms with Gasteiger partial charge in [0.1, 0.15) is 12.4 Å². The highest BCUT2D eigenvalue weighted by Crippen LogP contribution is 2.18. The fourth-order valence-electron chi connectivity index (χ4n) is 3.42. The zero-order chi connectivity index (χ0) is 24.5. The smallest absolute Gasteiger partial charge is 0.255 e. The molecule has 0 bridgehead atoms. The van der Waals surface area contributed by atoms with E-state index < -0.39 is 0 Å². The molecular formula is C29H27N3O3. The molecule has 3 N–H and O–H groups in total. The lowest BCUT2D eigenvalue weighted by Crippen LogP contribution is -2.21. The number of hydrogen-bond donors (Lipinski definition) is 3. The molecule has 0 aliphatic heterocycles. The fraction of sp³-hybridized carbons (Fsp3) is 0.103. The van der Waals surface area contributed by atoms with E-state index in [2.05, 4.69) is 16.0 Å². The first-order valence-corrected chi connectivity index (χ1v) is 11.3. The van der Waals surface area contributed by atoms with Gasteiger partial charge in [-0.3, -0.25) is 9.59 Å². The van der Waals surface area contributed by atoms with Crippen molar-refractivity contribution in [3.8, 4) is 5.75 Å². The van der Waals surface area contributed by atoms with Gasteiger partial charge in [-0.15, -0.1) is 0 Å². The normalized spacial score (nSPS) is 10.3. The molecule has 0 heterocycles. The predicted molar refractivity (Wildman–Crippen MR) is 140 cm³/mol. The third-order valence-corrected chi connectivity index (χ3v) is 5.26. The third kappa shape index (κ3) is 7.20. The maximum absolute atomic E-state index is 12.4. The Labute approximate surface area is 205 Å². The number of ether oxygens (including phenoxy) is 1. The van der Waals surface area contributed by atoms with E-state index in [-0.39, 0.29) is 18.4 Å². The van der Waals surface area contributed by atoms with E-state index in [1.54, 1.807) is 30.3 Å². The summed E-state index contributed by atoms with van der Waals surface area (Å²) in [4.78, 5) is 24.7. The first kappa shape index (κ1) is 23.6. The van der Waals surface area contributed by atoms with Crippen molar-refractivity contribution in [2.24, 2.45) is 0 Å². The summed E-state index contributed by atoms with van der Waals surface area (Å²) in [6, 6.07) is 31.9. The molecule has 0 aliphatic rings. The highest BCUT2D eigenvalue weighted by molar-refractivity contribution is 6.04. The molecule has 6 nitrogen and oxygen atoms in total. The second-order valence-electron chi connectivity index (χ2n) is 8.10. The summed E-state index contributed by atoms with van der Waals surface area (Å²) in [6.07, 6.45) is 0. The van der Waals surface area contributed by atoms with Crippen LogP contribution in [0.5, 0.6) is 5.75 Å². The Morgan fingerprint density at radius 3 is 2.06 bits per heavy atom. The number of anilines is 3. The Kier molecular flexibility index (Phi) is 7.76. The van der Waals surface area contributed by atoms with Gasteiger partial charge in [0.25, 0.3) is 5.91 Å². The van der Waals surface area contributed by atoms with E-state index >= 15 is 0 Å².